The van der Waals surface area contributed by atoms with Crippen molar-refractivity contribution in [3.63, 3.8) is 0 Å². The van der Waals surface area contributed by atoms with Crippen molar-refractivity contribution in [3.05, 3.63) is 72.4 Å². The lowest BCUT2D eigenvalue weighted by molar-refractivity contribution is -0.159. The molecular weight excluding hydrogens is 624 g/mol. The lowest BCUT2D eigenvalue weighted by Gasteiger charge is -2.30. The van der Waals surface area contributed by atoms with E-state index in [1.165, 1.54) is 35.6 Å². The number of rotatable bonds is 4. The Labute approximate surface area is 277 Å². The number of ketones is 1. The third-order valence-electron chi connectivity index (χ3n) is 7.73. The number of aliphatic hydroxyl groups excluding tert-OH is 1. The average molecular weight is 665 g/mol. The summed E-state index contributed by atoms with van der Waals surface area (Å²) in [5, 5.41) is 15.5. The minimum absolute atomic E-state index is 0.0152. The van der Waals surface area contributed by atoms with Crippen molar-refractivity contribution < 1.29 is 43.0 Å². The Bertz CT molecular complexity index is 1550. The number of aliphatic hydroxyl groups is 1. The number of nitrogens with zero attached hydrogens (tertiary/aromatic N) is 4. The highest BCUT2D eigenvalue weighted by atomic mass is 16.6. The highest BCUT2D eigenvalue weighted by molar-refractivity contribution is 5.95. The number of oxazole rings is 1. The molecule has 48 heavy (non-hydrogen) atoms. The summed E-state index contributed by atoms with van der Waals surface area (Å²) in [7, 11) is 0. The number of ether oxygens (including phenoxy) is 2. The Hall–Kier alpha value is -5.18. The van der Waals surface area contributed by atoms with E-state index in [2.05, 4.69) is 25.6 Å². The van der Waals surface area contributed by atoms with Gasteiger partial charge in [0.25, 0.3) is 5.91 Å². The average Bonchev–Trinajstić information content (AvgIpc) is 3.73. The third-order valence-corrected chi connectivity index (χ3v) is 7.73. The molecule has 5 atom stereocenters. The van der Waals surface area contributed by atoms with Gasteiger partial charge >= 0.3 is 12.1 Å². The van der Waals surface area contributed by atoms with Gasteiger partial charge < -0.3 is 29.2 Å². The zero-order chi connectivity index (χ0) is 34.6. The second-order valence-electron chi connectivity index (χ2n) is 11.7. The molecule has 0 aromatic carbocycles. The smallest absolute Gasteiger partial charge is 0.412 e. The lowest BCUT2D eigenvalue weighted by Crippen LogP contribution is -2.44. The molecule has 4 heterocycles. The number of fused-ring (bicyclic) bond motifs is 3. The van der Waals surface area contributed by atoms with Gasteiger partial charge in [-0.15, -0.1) is 0 Å². The number of allylic oxidation sites excluding steroid dienone is 2. The quantitative estimate of drug-likeness (QED) is 0.404. The van der Waals surface area contributed by atoms with E-state index in [0.717, 1.165) is 6.26 Å². The number of cyclic esters (lactones) is 1. The summed E-state index contributed by atoms with van der Waals surface area (Å²) in [5.41, 5.74) is 0.620. The standard InChI is InChI=1S/C33H40N6O9/c1-20-6-4-10-36-28(42)9-8-21(2)30(22(3)18-47-33(45)38-27-17-34-11-12-35-27)48-32(44)26-7-5-13-39(26)31(43)25-19-46-29(37-25)16-24(41)15-23(40)14-20/h4,6,8-9,11-12,14,17,19,21-23,26,30,40H,5,7,10,13,15-16,18H2,1-3H3,(H,36,42)(H,35,38,45)/b6-4?,9-8+,20-14?/t21-,22-,23-,26-,30+/m1/s1. The molecule has 1 fully saturated rings. The fourth-order valence-corrected chi connectivity index (χ4v) is 5.36. The first-order valence-electron chi connectivity index (χ1n) is 15.7. The highest BCUT2D eigenvalue weighted by Crippen LogP contribution is 2.26. The third kappa shape index (κ3) is 10.4. The summed E-state index contributed by atoms with van der Waals surface area (Å²) in [6.45, 7) is 5.56. The molecule has 2 aromatic heterocycles. The van der Waals surface area contributed by atoms with Crippen LogP contribution in [0.4, 0.5) is 10.6 Å². The number of anilines is 1. The Morgan fingerprint density at radius 1 is 1.23 bits per heavy atom. The van der Waals surface area contributed by atoms with Crippen molar-refractivity contribution >= 4 is 35.5 Å². The van der Waals surface area contributed by atoms with Crippen LogP contribution >= 0.6 is 0 Å². The fraction of sp³-hybridized carbons (Fsp3) is 0.455. The summed E-state index contributed by atoms with van der Waals surface area (Å²) in [4.78, 5) is 77.9. The molecule has 0 aliphatic carbocycles. The number of Topliss-reactive ketones (excluding diaryl/α,β-unsaturated/α-hetero) is 1. The minimum Gasteiger partial charge on any atom is -0.460 e. The number of esters is 1. The van der Waals surface area contributed by atoms with Crippen molar-refractivity contribution in [2.45, 2.75) is 64.7 Å². The Balaban J connectivity index is 1.54. The van der Waals surface area contributed by atoms with Gasteiger partial charge in [0.15, 0.2) is 11.5 Å². The summed E-state index contributed by atoms with van der Waals surface area (Å²) in [5.74, 6) is -2.79. The van der Waals surface area contributed by atoms with Gasteiger partial charge in [-0.1, -0.05) is 43.7 Å². The Morgan fingerprint density at radius 2 is 2.04 bits per heavy atom. The summed E-state index contributed by atoms with van der Waals surface area (Å²) in [6, 6.07) is -0.923. The molecule has 3 N–H and O–H groups in total. The van der Waals surface area contributed by atoms with E-state index in [0.29, 0.717) is 18.4 Å². The molecule has 2 aliphatic heterocycles. The van der Waals surface area contributed by atoms with Crippen molar-refractivity contribution in [1.82, 2.24) is 25.2 Å². The molecule has 15 heteroatoms. The van der Waals surface area contributed by atoms with E-state index in [4.69, 9.17) is 13.9 Å². The Morgan fingerprint density at radius 3 is 2.81 bits per heavy atom. The largest absolute Gasteiger partial charge is 0.460 e. The van der Waals surface area contributed by atoms with Gasteiger partial charge in [0.05, 0.1) is 25.3 Å². The van der Waals surface area contributed by atoms with Gasteiger partial charge in [0, 0.05) is 43.7 Å². The van der Waals surface area contributed by atoms with E-state index in [9.17, 15) is 29.1 Å². The van der Waals surface area contributed by atoms with Crippen LogP contribution in [-0.2, 0) is 30.3 Å². The van der Waals surface area contributed by atoms with Gasteiger partial charge in [-0.3, -0.25) is 24.7 Å². The van der Waals surface area contributed by atoms with Crippen molar-refractivity contribution in [2.24, 2.45) is 11.8 Å². The van der Waals surface area contributed by atoms with E-state index >= 15 is 0 Å². The molecule has 0 saturated carbocycles. The number of nitrogens with one attached hydrogen (secondary N) is 2. The van der Waals surface area contributed by atoms with Crippen LogP contribution in [0.25, 0.3) is 0 Å². The van der Waals surface area contributed by atoms with Crippen molar-refractivity contribution in [1.29, 1.82) is 0 Å². The molecule has 4 rings (SSSR count). The highest BCUT2D eigenvalue weighted by Gasteiger charge is 2.39. The molecule has 0 radical (unpaired) electrons. The van der Waals surface area contributed by atoms with E-state index in [1.807, 2.05) is 0 Å². The lowest BCUT2D eigenvalue weighted by atomic mass is 9.93. The van der Waals surface area contributed by atoms with Gasteiger partial charge in [-0.05, 0) is 25.8 Å². The maximum atomic E-state index is 13.6. The fourth-order valence-electron chi connectivity index (χ4n) is 5.36. The van der Waals surface area contributed by atoms with Crippen LogP contribution in [0.1, 0.15) is 56.4 Å². The van der Waals surface area contributed by atoms with Gasteiger partial charge in [0.1, 0.15) is 24.2 Å². The molecular formula is C33H40N6O9. The molecule has 2 aliphatic rings. The molecule has 2 bridgehead atoms. The number of carbonyl (C=O) groups is 5. The number of hydrogen-bond donors (Lipinski definition) is 3. The Kier molecular flexibility index (Phi) is 12.7. The first-order chi connectivity index (χ1) is 23.0. The van der Waals surface area contributed by atoms with Crippen LogP contribution < -0.4 is 10.6 Å². The topological polar surface area (TPSA) is 203 Å². The number of aromatic nitrogens is 3. The number of hydrogen-bond acceptors (Lipinski definition) is 12. The van der Waals surface area contributed by atoms with Crippen LogP contribution in [0, 0.1) is 11.8 Å². The van der Waals surface area contributed by atoms with Crippen molar-refractivity contribution in [2.75, 3.05) is 25.0 Å². The summed E-state index contributed by atoms with van der Waals surface area (Å²) < 4.78 is 16.7. The molecule has 2 aromatic rings. The first kappa shape index (κ1) is 35.7. The van der Waals surface area contributed by atoms with Gasteiger partial charge in [0.2, 0.25) is 11.8 Å². The van der Waals surface area contributed by atoms with Gasteiger partial charge in [-0.2, -0.15) is 0 Å². The number of carbonyl (C=O) groups excluding carboxylic acids is 5. The van der Waals surface area contributed by atoms with Crippen molar-refractivity contribution in [3.8, 4) is 0 Å². The molecule has 1 saturated heterocycles. The zero-order valence-corrected chi connectivity index (χ0v) is 27.0. The van der Waals surface area contributed by atoms with Crippen LogP contribution in [0.2, 0.25) is 0 Å². The van der Waals surface area contributed by atoms with E-state index < -0.39 is 54.0 Å². The predicted molar refractivity (Wildman–Crippen MR) is 170 cm³/mol. The summed E-state index contributed by atoms with van der Waals surface area (Å²) >= 11 is 0. The van der Waals surface area contributed by atoms with Crippen LogP contribution in [0.15, 0.2) is 65.2 Å². The second-order valence-corrected chi connectivity index (χ2v) is 11.7. The van der Waals surface area contributed by atoms with Crippen LogP contribution in [0.3, 0.4) is 0 Å². The molecule has 256 valence electrons. The van der Waals surface area contributed by atoms with Crippen LogP contribution in [-0.4, -0.2) is 92.6 Å². The normalized spacial score (nSPS) is 24.5. The second kappa shape index (κ2) is 17.1. The minimum atomic E-state index is -1.05. The first-order valence-corrected chi connectivity index (χ1v) is 15.7. The number of amides is 3. The van der Waals surface area contributed by atoms with Crippen LogP contribution in [0.5, 0.6) is 0 Å². The molecule has 15 nitrogen and oxygen atoms in total. The molecule has 3 amide bonds. The van der Waals surface area contributed by atoms with E-state index in [-0.39, 0.29) is 55.7 Å². The summed E-state index contributed by atoms with van der Waals surface area (Å²) in [6.07, 6.45) is 11.0. The predicted octanol–water partition coefficient (Wildman–Crippen LogP) is 2.55. The van der Waals surface area contributed by atoms with Gasteiger partial charge in [-0.25, -0.2) is 19.6 Å². The molecule has 0 unspecified atom stereocenters. The monoisotopic (exact) mass is 664 g/mol. The zero-order valence-electron chi connectivity index (χ0n) is 27.0. The SMILES string of the molecule is CC1=C[C@@H](O)CC(=O)Cc2nc(co2)C(=O)N2CCC[C@@H]2C(=O)O[C@H]([C@H](C)COC(=O)Nc2cnccn2)[C@H](C)/C=C/C(=O)NCC=C1. The van der Waals surface area contributed by atoms with E-state index in [1.54, 1.807) is 39.0 Å². The molecule has 0 spiro atoms. The maximum Gasteiger partial charge on any atom is 0.412 e. The maximum absolute atomic E-state index is 13.6.